The Morgan fingerprint density at radius 3 is 2.46 bits per heavy atom. The van der Waals surface area contributed by atoms with Crippen molar-refractivity contribution in [1.82, 2.24) is 19.9 Å². The first kappa shape index (κ1) is 18.2. The van der Waals surface area contributed by atoms with Gasteiger partial charge in [-0.2, -0.15) is 13.2 Å². The number of hydrogen-bond donors (Lipinski definition) is 2. The Balaban J connectivity index is 1.69. The lowest BCUT2D eigenvalue weighted by atomic mass is 10.1. The SMILES string of the molecule is Fc1cc2[nH]c(-c3ccc(C(F)(F)F)cc3)nc2cc1Nc1cncnc1Cl. The monoisotopic (exact) mass is 407 g/mol. The van der Waals surface area contributed by atoms with E-state index in [1.54, 1.807) is 0 Å². The van der Waals surface area contributed by atoms with Gasteiger partial charge in [0, 0.05) is 11.6 Å². The van der Waals surface area contributed by atoms with E-state index in [1.165, 1.54) is 36.8 Å². The fourth-order valence-corrected chi connectivity index (χ4v) is 2.76. The molecule has 5 nitrogen and oxygen atoms in total. The average molecular weight is 408 g/mol. The fourth-order valence-electron chi connectivity index (χ4n) is 2.62. The zero-order valence-electron chi connectivity index (χ0n) is 13.9. The van der Waals surface area contributed by atoms with E-state index in [-0.39, 0.29) is 10.8 Å². The summed E-state index contributed by atoms with van der Waals surface area (Å²) < 4.78 is 52.5. The minimum atomic E-state index is -4.42. The summed E-state index contributed by atoms with van der Waals surface area (Å²) in [5.74, 6) is -0.253. The summed E-state index contributed by atoms with van der Waals surface area (Å²) in [6, 6.07) is 7.23. The minimum absolute atomic E-state index is 0.106. The van der Waals surface area contributed by atoms with Crippen molar-refractivity contribution < 1.29 is 17.6 Å². The number of rotatable bonds is 3. The van der Waals surface area contributed by atoms with Crippen LogP contribution in [0.25, 0.3) is 22.4 Å². The van der Waals surface area contributed by atoms with Crippen LogP contribution in [-0.2, 0) is 6.18 Å². The van der Waals surface area contributed by atoms with Gasteiger partial charge in [0.2, 0.25) is 0 Å². The van der Waals surface area contributed by atoms with E-state index in [0.29, 0.717) is 28.1 Å². The van der Waals surface area contributed by atoms with Gasteiger partial charge >= 0.3 is 6.18 Å². The van der Waals surface area contributed by atoms with Crippen LogP contribution in [0, 0.1) is 5.82 Å². The number of nitrogens with zero attached hydrogens (tertiary/aromatic N) is 3. The molecule has 2 heterocycles. The average Bonchev–Trinajstić information content (AvgIpc) is 3.06. The molecule has 10 heteroatoms. The van der Waals surface area contributed by atoms with Gasteiger partial charge in [0.25, 0.3) is 0 Å². The zero-order chi connectivity index (χ0) is 19.9. The highest BCUT2D eigenvalue weighted by atomic mass is 35.5. The lowest BCUT2D eigenvalue weighted by Gasteiger charge is -2.07. The molecule has 0 unspecified atom stereocenters. The van der Waals surface area contributed by atoms with Crippen molar-refractivity contribution in [3.63, 3.8) is 0 Å². The van der Waals surface area contributed by atoms with Crippen molar-refractivity contribution in [2.24, 2.45) is 0 Å². The molecule has 0 spiro atoms. The number of aromatic amines is 1. The largest absolute Gasteiger partial charge is 0.416 e. The summed E-state index contributed by atoms with van der Waals surface area (Å²) in [6.07, 6.45) is -1.76. The number of imidazole rings is 1. The quantitative estimate of drug-likeness (QED) is 0.344. The van der Waals surface area contributed by atoms with Crippen LogP contribution in [0.15, 0.2) is 48.9 Å². The van der Waals surface area contributed by atoms with Gasteiger partial charge in [0.05, 0.1) is 34.2 Å². The van der Waals surface area contributed by atoms with Gasteiger partial charge in [0.15, 0.2) is 5.15 Å². The summed E-state index contributed by atoms with van der Waals surface area (Å²) in [6.45, 7) is 0. The normalized spacial score (nSPS) is 11.8. The standard InChI is InChI=1S/C18H10ClF4N5/c19-16-15(7-24-8-25-16)26-12-6-14-13(5-11(12)20)27-17(28-14)9-1-3-10(4-2-9)18(21,22)23/h1-8,26H,(H,27,28). The summed E-state index contributed by atoms with van der Waals surface area (Å²) in [5.41, 5.74) is 0.932. The van der Waals surface area contributed by atoms with E-state index >= 15 is 0 Å². The first-order chi connectivity index (χ1) is 13.3. The van der Waals surface area contributed by atoms with E-state index in [1.807, 2.05) is 0 Å². The molecule has 0 bridgehead atoms. The number of anilines is 2. The third-order valence-electron chi connectivity index (χ3n) is 3.99. The maximum absolute atomic E-state index is 14.4. The van der Waals surface area contributed by atoms with E-state index in [0.717, 1.165) is 12.1 Å². The number of fused-ring (bicyclic) bond motifs is 1. The van der Waals surface area contributed by atoms with Gasteiger partial charge < -0.3 is 10.3 Å². The second-order valence-corrected chi connectivity index (χ2v) is 6.22. The van der Waals surface area contributed by atoms with Crippen molar-refractivity contribution >= 4 is 34.0 Å². The Kier molecular flexibility index (Phi) is 4.38. The maximum atomic E-state index is 14.4. The Hall–Kier alpha value is -3.20. The molecule has 4 rings (SSSR count). The molecule has 0 aliphatic heterocycles. The highest BCUT2D eigenvalue weighted by molar-refractivity contribution is 6.32. The van der Waals surface area contributed by atoms with E-state index in [9.17, 15) is 17.6 Å². The fraction of sp³-hybridized carbons (Fsp3) is 0.0556. The molecule has 0 saturated carbocycles. The lowest BCUT2D eigenvalue weighted by Crippen LogP contribution is -2.04. The number of hydrogen-bond acceptors (Lipinski definition) is 4. The Labute approximate surface area is 160 Å². The van der Waals surface area contributed by atoms with Crippen LogP contribution in [0.5, 0.6) is 0 Å². The molecule has 0 atom stereocenters. The van der Waals surface area contributed by atoms with Crippen LogP contribution in [0.4, 0.5) is 28.9 Å². The summed E-state index contributed by atoms with van der Waals surface area (Å²) >= 11 is 5.94. The van der Waals surface area contributed by atoms with Crippen molar-refractivity contribution in [1.29, 1.82) is 0 Å². The second kappa shape index (κ2) is 6.75. The molecule has 142 valence electrons. The minimum Gasteiger partial charge on any atom is -0.349 e. The molecule has 2 aromatic carbocycles. The molecular weight excluding hydrogens is 398 g/mol. The van der Waals surface area contributed by atoms with Gasteiger partial charge in [0.1, 0.15) is 18.0 Å². The Morgan fingerprint density at radius 2 is 1.79 bits per heavy atom. The summed E-state index contributed by atoms with van der Waals surface area (Å²) in [7, 11) is 0. The molecule has 0 radical (unpaired) electrons. The molecule has 0 aliphatic rings. The smallest absolute Gasteiger partial charge is 0.349 e. The molecule has 0 aliphatic carbocycles. The predicted octanol–water partition coefficient (Wildman–Crippen LogP) is 5.57. The number of H-pyrrole nitrogens is 1. The molecular formula is C18H10ClF4N5. The van der Waals surface area contributed by atoms with Crippen LogP contribution in [-0.4, -0.2) is 19.9 Å². The number of aromatic nitrogens is 4. The topological polar surface area (TPSA) is 66.5 Å². The third kappa shape index (κ3) is 3.48. The van der Waals surface area contributed by atoms with Crippen LogP contribution in [0.1, 0.15) is 5.56 Å². The second-order valence-electron chi connectivity index (χ2n) is 5.86. The van der Waals surface area contributed by atoms with Gasteiger partial charge in [-0.1, -0.05) is 23.7 Å². The third-order valence-corrected chi connectivity index (χ3v) is 4.29. The van der Waals surface area contributed by atoms with E-state index in [2.05, 4.69) is 25.3 Å². The summed E-state index contributed by atoms with van der Waals surface area (Å²) in [4.78, 5) is 14.9. The Bertz CT molecular complexity index is 1160. The number of alkyl halides is 3. The van der Waals surface area contributed by atoms with Gasteiger partial charge in [-0.25, -0.2) is 19.3 Å². The van der Waals surface area contributed by atoms with Crippen LogP contribution < -0.4 is 5.32 Å². The molecule has 2 aromatic heterocycles. The van der Waals surface area contributed by atoms with Gasteiger partial charge in [-0.05, 0) is 18.2 Å². The molecule has 0 amide bonds. The first-order valence-corrected chi connectivity index (χ1v) is 8.28. The van der Waals surface area contributed by atoms with Crippen molar-refractivity contribution in [3.05, 3.63) is 65.5 Å². The van der Waals surface area contributed by atoms with Crippen molar-refractivity contribution in [2.75, 3.05) is 5.32 Å². The first-order valence-electron chi connectivity index (χ1n) is 7.91. The molecule has 28 heavy (non-hydrogen) atoms. The van der Waals surface area contributed by atoms with Crippen LogP contribution in [0.2, 0.25) is 5.15 Å². The number of halogens is 5. The van der Waals surface area contributed by atoms with Crippen molar-refractivity contribution in [3.8, 4) is 11.4 Å². The molecule has 4 aromatic rings. The Morgan fingerprint density at radius 1 is 1.04 bits per heavy atom. The highest BCUT2D eigenvalue weighted by Gasteiger charge is 2.30. The number of benzene rings is 2. The highest BCUT2D eigenvalue weighted by Crippen LogP contribution is 2.32. The lowest BCUT2D eigenvalue weighted by molar-refractivity contribution is -0.137. The van der Waals surface area contributed by atoms with Gasteiger partial charge in [-0.3, -0.25) is 0 Å². The summed E-state index contributed by atoms with van der Waals surface area (Å²) in [5, 5.41) is 2.92. The van der Waals surface area contributed by atoms with Crippen LogP contribution in [0.3, 0.4) is 0 Å². The molecule has 0 saturated heterocycles. The van der Waals surface area contributed by atoms with Gasteiger partial charge in [-0.15, -0.1) is 0 Å². The van der Waals surface area contributed by atoms with Crippen LogP contribution >= 0.6 is 11.6 Å². The van der Waals surface area contributed by atoms with E-state index < -0.39 is 17.6 Å². The molecule has 2 N–H and O–H groups in total. The maximum Gasteiger partial charge on any atom is 0.416 e. The zero-order valence-corrected chi connectivity index (χ0v) is 14.6. The predicted molar refractivity (Wildman–Crippen MR) is 96.8 cm³/mol. The van der Waals surface area contributed by atoms with E-state index in [4.69, 9.17) is 11.6 Å². The van der Waals surface area contributed by atoms with Crippen molar-refractivity contribution in [2.45, 2.75) is 6.18 Å². The molecule has 0 fully saturated rings. The number of nitrogens with one attached hydrogen (secondary N) is 2.